The molecular weight excluding hydrogens is 199 g/mol. The smallest absolute Gasteiger partial charge is 0.389 e. The molecule has 0 heterocycles. The molecule has 0 rings (SSSR count). The zero-order valence-electron chi connectivity index (χ0n) is 8.11. The highest BCUT2D eigenvalue weighted by molar-refractivity contribution is 5.75. The van der Waals surface area contributed by atoms with Crippen LogP contribution < -0.4 is 5.32 Å². The minimum Gasteiger partial charge on any atom is -0.389 e. The van der Waals surface area contributed by atoms with E-state index in [1.54, 1.807) is 0 Å². The summed E-state index contributed by atoms with van der Waals surface area (Å²) in [5, 5.41) is 11.4. The number of amides is 1. The van der Waals surface area contributed by atoms with E-state index in [1.807, 2.05) is 0 Å². The Morgan fingerprint density at radius 2 is 1.86 bits per heavy atom. The van der Waals surface area contributed by atoms with Crippen LogP contribution in [0, 0.1) is 0 Å². The number of rotatable bonds is 4. The van der Waals surface area contributed by atoms with Crippen LogP contribution in [0.15, 0.2) is 0 Å². The first kappa shape index (κ1) is 13.2. The van der Waals surface area contributed by atoms with Crippen molar-refractivity contribution >= 4 is 5.91 Å². The lowest BCUT2D eigenvalue weighted by atomic mass is 10.1. The van der Waals surface area contributed by atoms with Crippen LogP contribution in [0.3, 0.4) is 0 Å². The van der Waals surface area contributed by atoms with Crippen molar-refractivity contribution in [2.75, 3.05) is 6.54 Å². The predicted octanol–water partition coefficient (Wildman–Crippen LogP) is 1.22. The van der Waals surface area contributed by atoms with E-state index in [1.165, 1.54) is 13.8 Å². The number of nitrogens with one attached hydrogen (secondary N) is 1. The van der Waals surface area contributed by atoms with Crippen LogP contribution in [0.1, 0.15) is 26.7 Å². The van der Waals surface area contributed by atoms with Crippen molar-refractivity contribution in [3.8, 4) is 0 Å². The summed E-state index contributed by atoms with van der Waals surface area (Å²) in [6.07, 6.45) is -6.05. The Hall–Kier alpha value is -0.780. The van der Waals surface area contributed by atoms with Gasteiger partial charge in [0.2, 0.25) is 5.91 Å². The van der Waals surface area contributed by atoms with E-state index in [0.29, 0.717) is 0 Å². The van der Waals surface area contributed by atoms with Crippen LogP contribution in [0.5, 0.6) is 0 Å². The molecule has 6 heteroatoms. The van der Waals surface area contributed by atoms with Gasteiger partial charge in [-0.25, -0.2) is 0 Å². The minimum atomic E-state index is -4.31. The van der Waals surface area contributed by atoms with Crippen LogP contribution in [-0.4, -0.2) is 29.3 Å². The first-order valence-electron chi connectivity index (χ1n) is 4.16. The third kappa shape index (κ3) is 9.31. The second-order valence-electron chi connectivity index (χ2n) is 3.70. The van der Waals surface area contributed by atoms with E-state index in [4.69, 9.17) is 5.11 Å². The van der Waals surface area contributed by atoms with Gasteiger partial charge in [0, 0.05) is 13.0 Å². The van der Waals surface area contributed by atoms with E-state index in [2.05, 4.69) is 5.32 Å². The van der Waals surface area contributed by atoms with Crippen LogP contribution in [0.2, 0.25) is 0 Å². The van der Waals surface area contributed by atoms with E-state index in [0.717, 1.165) is 0 Å². The van der Waals surface area contributed by atoms with Gasteiger partial charge in [0.25, 0.3) is 0 Å². The van der Waals surface area contributed by atoms with Crippen molar-refractivity contribution in [3.05, 3.63) is 0 Å². The van der Waals surface area contributed by atoms with Gasteiger partial charge >= 0.3 is 6.18 Å². The lowest BCUT2D eigenvalue weighted by Crippen LogP contribution is -2.38. The number of halogens is 3. The maximum absolute atomic E-state index is 11.7. The van der Waals surface area contributed by atoms with Crippen molar-refractivity contribution in [1.29, 1.82) is 0 Å². The Kier molecular flexibility index (Phi) is 4.38. The third-order valence-corrected chi connectivity index (χ3v) is 1.35. The fraction of sp³-hybridized carbons (Fsp3) is 0.875. The Morgan fingerprint density at radius 3 is 2.21 bits per heavy atom. The minimum absolute atomic E-state index is 0.0519. The molecule has 2 N–H and O–H groups in total. The van der Waals surface area contributed by atoms with Gasteiger partial charge in [-0.05, 0) is 13.8 Å². The van der Waals surface area contributed by atoms with Crippen LogP contribution >= 0.6 is 0 Å². The third-order valence-electron chi connectivity index (χ3n) is 1.35. The predicted molar refractivity (Wildman–Crippen MR) is 44.6 cm³/mol. The quantitative estimate of drug-likeness (QED) is 0.737. The molecule has 0 aliphatic heterocycles. The number of hydrogen-bond acceptors (Lipinski definition) is 2. The van der Waals surface area contributed by atoms with Gasteiger partial charge in [-0.1, -0.05) is 0 Å². The maximum atomic E-state index is 11.7. The second kappa shape index (κ2) is 4.63. The monoisotopic (exact) mass is 213 g/mol. The summed E-state index contributed by atoms with van der Waals surface area (Å²) in [5.41, 5.74) is -1.10. The standard InChI is InChI=1S/C8H14F3NO2/c1-7(2,14)5-12-6(13)3-4-8(9,10)11/h14H,3-5H2,1-2H3,(H,12,13). The van der Waals surface area contributed by atoms with E-state index >= 15 is 0 Å². The van der Waals surface area contributed by atoms with Gasteiger partial charge in [0.1, 0.15) is 0 Å². The molecule has 14 heavy (non-hydrogen) atoms. The van der Waals surface area contributed by atoms with Crippen molar-refractivity contribution < 1.29 is 23.1 Å². The lowest BCUT2D eigenvalue weighted by Gasteiger charge is -2.17. The molecule has 0 aromatic rings. The number of carbonyl (C=O) groups is 1. The van der Waals surface area contributed by atoms with Crippen molar-refractivity contribution in [1.82, 2.24) is 5.32 Å². The highest BCUT2D eigenvalue weighted by Crippen LogP contribution is 2.20. The van der Waals surface area contributed by atoms with Crippen LogP contribution in [-0.2, 0) is 4.79 Å². The summed E-state index contributed by atoms with van der Waals surface area (Å²) >= 11 is 0. The highest BCUT2D eigenvalue weighted by atomic mass is 19.4. The van der Waals surface area contributed by atoms with Crippen LogP contribution in [0.4, 0.5) is 13.2 Å². The maximum Gasteiger partial charge on any atom is 0.389 e. The van der Waals surface area contributed by atoms with Crippen molar-refractivity contribution in [3.63, 3.8) is 0 Å². The Balaban J connectivity index is 3.68. The summed E-state index contributed by atoms with van der Waals surface area (Å²) in [6.45, 7) is 2.86. The SMILES string of the molecule is CC(C)(O)CNC(=O)CCC(F)(F)F. The molecule has 0 saturated carbocycles. The molecule has 0 aliphatic rings. The molecule has 0 spiro atoms. The molecule has 3 nitrogen and oxygen atoms in total. The van der Waals surface area contributed by atoms with Gasteiger partial charge in [-0.3, -0.25) is 4.79 Å². The molecule has 0 unspecified atom stereocenters. The average Bonchev–Trinajstić information content (AvgIpc) is 1.94. The second-order valence-corrected chi connectivity index (χ2v) is 3.70. The molecule has 0 bridgehead atoms. The first-order valence-corrected chi connectivity index (χ1v) is 4.16. The fourth-order valence-electron chi connectivity index (χ4n) is 0.659. The van der Waals surface area contributed by atoms with E-state index < -0.39 is 30.5 Å². The molecule has 0 atom stereocenters. The van der Waals surface area contributed by atoms with Gasteiger partial charge in [-0.2, -0.15) is 13.2 Å². The van der Waals surface area contributed by atoms with Gasteiger partial charge < -0.3 is 10.4 Å². The molecule has 0 aromatic heterocycles. The number of alkyl halides is 3. The molecule has 1 amide bonds. The summed E-state index contributed by atoms with van der Waals surface area (Å²) < 4.78 is 35.0. The normalized spacial score (nSPS) is 12.7. The lowest BCUT2D eigenvalue weighted by molar-refractivity contribution is -0.144. The number of hydrogen-bond donors (Lipinski definition) is 2. The van der Waals surface area contributed by atoms with Gasteiger partial charge in [0.05, 0.1) is 12.0 Å². The topological polar surface area (TPSA) is 49.3 Å². The molecular formula is C8H14F3NO2. The zero-order valence-corrected chi connectivity index (χ0v) is 8.11. The number of carbonyl (C=O) groups excluding carboxylic acids is 1. The molecule has 0 aliphatic carbocycles. The average molecular weight is 213 g/mol. The molecule has 0 fully saturated rings. The summed E-state index contributed by atoms with van der Waals surface area (Å²) in [4.78, 5) is 10.8. The fourth-order valence-corrected chi connectivity index (χ4v) is 0.659. The Bertz CT molecular complexity index is 176. The van der Waals surface area contributed by atoms with Crippen molar-refractivity contribution in [2.24, 2.45) is 0 Å². The van der Waals surface area contributed by atoms with Crippen molar-refractivity contribution in [2.45, 2.75) is 38.5 Å². The largest absolute Gasteiger partial charge is 0.389 e. The van der Waals surface area contributed by atoms with Gasteiger partial charge in [0.15, 0.2) is 0 Å². The van der Waals surface area contributed by atoms with E-state index in [9.17, 15) is 18.0 Å². The molecule has 0 saturated heterocycles. The van der Waals surface area contributed by atoms with Crippen LogP contribution in [0.25, 0.3) is 0 Å². The molecule has 84 valence electrons. The summed E-state index contributed by atoms with van der Waals surface area (Å²) in [6, 6.07) is 0. The first-order chi connectivity index (χ1) is 6.10. The highest BCUT2D eigenvalue weighted by Gasteiger charge is 2.28. The summed E-state index contributed by atoms with van der Waals surface area (Å²) in [5.74, 6) is -0.704. The van der Waals surface area contributed by atoms with E-state index in [-0.39, 0.29) is 6.54 Å². The molecule has 0 aromatic carbocycles. The Morgan fingerprint density at radius 1 is 1.36 bits per heavy atom. The Labute approximate surface area is 80.3 Å². The summed E-state index contributed by atoms with van der Waals surface area (Å²) in [7, 11) is 0. The number of aliphatic hydroxyl groups is 1. The van der Waals surface area contributed by atoms with Gasteiger partial charge in [-0.15, -0.1) is 0 Å². The zero-order chi connectivity index (χ0) is 11.4. The molecule has 0 radical (unpaired) electrons.